The first-order valence-electron chi connectivity index (χ1n) is 8.14. The zero-order chi connectivity index (χ0) is 19.0. The van der Waals surface area contributed by atoms with Crippen LogP contribution >= 0.6 is 11.6 Å². The fourth-order valence-corrected chi connectivity index (χ4v) is 3.07. The summed E-state index contributed by atoms with van der Waals surface area (Å²) < 4.78 is 6.21. The number of hydrogen-bond donors (Lipinski definition) is 1. The van der Waals surface area contributed by atoms with Gasteiger partial charge in [-0.05, 0) is 31.2 Å². The SMILES string of the molecule is Cc1cc(N=Cc2c(O)n(-c3cccc(Cl)c3)c(=O)c3ccccc23)no1. The maximum atomic E-state index is 13.0. The zero-order valence-electron chi connectivity index (χ0n) is 14.3. The largest absolute Gasteiger partial charge is 0.494 e. The Balaban J connectivity index is 2.00. The molecule has 1 N–H and O–H groups in total. The van der Waals surface area contributed by atoms with Gasteiger partial charge in [-0.1, -0.05) is 41.0 Å². The summed E-state index contributed by atoms with van der Waals surface area (Å²) >= 11 is 6.06. The van der Waals surface area contributed by atoms with E-state index in [1.54, 1.807) is 61.5 Å². The molecule has 4 rings (SSSR count). The number of aryl methyl sites for hydroxylation is 1. The van der Waals surface area contributed by atoms with Crippen molar-refractivity contribution in [1.82, 2.24) is 9.72 Å². The number of fused-ring (bicyclic) bond motifs is 1. The molecular weight excluding hydrogens is 366 g/mol. The van der Waals surface area contributed by atoms with Crippen molar-refractivity contribution in [2.24, 2.45) is 4.99 Å². The number of aliphatic imine (C=N–C) groups is 1. The van der Waals surface area contributed by atoms with Gasteiger partial charge in [-0.3, -0.25) is 4.79 Å². The van der Waals surface area contributed by atoms with E-state index < -0.39 is 0 Å². The predicted octanol–water partition coefficient (Wildman–Crippen LogP) is 4.40. The van der Waals surface area contributed by atoms with Crippen LogP contribution in [0.4, 0.5) is 5.82 Å². The van der Waals surface area contributed by atoms with E-state index in [1.165, 1.54) is 10.8 Å². The fourth-order valence-electron chi connectivity index (χ4n) is 2.89. The molecule has 0 aliphatic rings. The van der Waals surface area contributed by atoms with Gasteiger partial charge < -0.3 is 9.63 Å². The van der Waals surface area contributed by atoms with Crippen molar-refractivity contribution in [1.29, 1.82) is 0 Å². The zero-order valence-corrected chi connectivity index (χ0v) is 15.0. The van der Waals surface area contributed by atoms with E-state index in [0.29, 0.717) is 38.6 Å². The van der Waals surface area contributed by atoms with E-state index in [0.717, 1.165) is 0 Å². The molecule has 134 valence electrons. The number of nitrogens with zero attached hydrogens (tertiary/aromatic N) is 3. The first kappa shape index (κ1) is 17.1. The number of halogens is 1. The molecule has 4 aromatic rings. The van der Waals surface area contributed by atoms with Crippen molar-refractivity contribution < 1.29 is 9.63 Å². The summed E-state index contributed by atoms with van der Waals surface area (Å²) in [6.07, 6.45) is 1.47. The molecular formula is C20H14ClN3O3. The average Bonchev–Trinajstić information content (AvgIpc) is 3.07. The van der Waals surface area contributed by atoms with Gasteiger partial charge in [0, 0.05) is 28.1 Å². The van der Waals surface area contributed by atoms with Gasteiger partial charge in [-0.15, -0.1) is 0 Å². The van der Waals surface area contributed by atoms with Gasteiger partial charge in [-0.2, -0.15) is 0 Å². The summed E-state index contributed by atoms with van der Waals surface area (Å²) in [6.45, 7) is 1.76. The standard InChI is InChI=1S/C20H14ClN3O3/c1-12-9-18(23-27-12)22-11-17-15-7-2-3-8-16(15)19(25)24(20(17)26)14-6-4-5-13(21)10-14/h2-11,26H,1H3. The van der Waals surface area contributed by atoms with Crippen molar-refractivity contribution in [3.05, 3.63) is 81.3 Å². The summed E-state index contributed by atoms with van der Waals surface area (Å²) in [4.78, 5) is 17.2. The Labute approximate surface area is 159 Å². The molecule has 2 aromatic carbocycles. The highest BCUT2D eigenvalue weighted by molar-refractivity contribution is 6.30. The Kier molecular flexibility index (Phi) is 4.25. The molecule has 27 heavy (non-hydrogen) atoms. The van der Waals surface area contributed by atoms with Crippen molar-refractivity contribution in [2.75, 3.05) is 0 Å². The second kappa shape index (κ2) is 6.74. The van der Waals surface area contributed by atoms with Crippen LogP contribution in [0.15, 0.2) is 68.9 Å². The van der Waals surface area contributed by atoms with Crippen LogP contribution in [0.5, 0.6) is 5.88 Å². The molecule has 0 unspecified atom stereocenters. The molecule has 0 saturated heterocycles. The fraction of sp³-hybridized carbons (Fsp3) is 0.0500. The lowest BCUT2D eigenvalue weighted by molar-refractivity contribution is 0.399. The van der Waals surface area contributed by atoms with Crippen LogP contribution in [0.25, 0.3) is 16.5 Å². The quantitative estimate of drug-likeness (QED) is 0.535. The summed E-state index contributed by atoms with van der Waals surface area (Å²) in [7, 11) is 0. The maximum Gasteiger partial charge on any atom is 0.265 e. The molecule has 2 aromatic heterocycles. The third-order valence-electron chi connectivity index (χ3n) is 4.11. The molecule has 7 heteroatoms. The van der Waals surface area contributed by atoms with E-state index in [2.05, 4.69) is 10.1 Å². The minimum Gasteiger partial charge on any atom is -0.494 e. The Bertz CT molecular complexity index is 1240. The predicted molar refractivity (Wildman–Crippen MR) is 105 cm³/mol. The lowest BCUT2D eigenvalue weighted by atomic mass is 10.1. The highest BCUT2D eigenvalue weighted by Gasteiger charge is 2.16. The first-order chi connectivity index (χ1) is 13.0. The number of hydrogen-bond acceptors (Lipinski definition) is 5. The average molecular weight is 380 g/mol. The summed E-state index contributed by atoms with van der Waals surface area (Å²) in [5.41, 5.74) is 0.508. The van der Waals surface area contributed by atoms with Gasteiger partial charge in [0.15, 0.2) is 5.82 Å². The van der Waals surface area contributed by atoms with Gasteiger partial charge in [-0.25, -0.2) is 9.56 Å². The molecule has 0 atom stereocenters. The number of pyridine rings is 1. The smallest absolute Gasteiger partial charge is 0.265 e. The minimum absolute atomic E-state index is 0.232. The van der Waals surface area contributed by atoms with Crippen molar-refractivity contribution in [3.63, 3.8) is 0 Å². The maximum absolute atomic E-state index is 13.0. The normalized spacial score (nSPS) is 11.5. The third kappa shape index (κ3) is 3.11. The lowest BCUT2D eigenvalue weighted by Gasteiger charge is -2.13. The molecule has 0 spiro atoms. The van der Waals surface area contributed by atoms with Gasteiger partial charge in [0.05, 0.1) is 11.3 Å². The lowest BCUT2D eigenvalue weighted by Crippen LogP contribution is -2.20. The van der Waals surface area contributed by atoms with E-state index in [-0.39, 0.29) is 11.4 Å². The Hall–Kier alpha value is -3.38. The Morgan fingerprint density at radius 3 is 2.63 bits per heavy atom. The summed E-state index contributed by atoms with van der Waals surface area (Å²) in [5.74, 6) is 0.765. The van der Waals surface area contributed by atoms with Crippen LogP contribution in [-0.2, 0) is 0 Å². The minimum atomic E-state index is -0.347. The topological polar surface area (TPSA) is 80.6 Å². The number of rotatable bonds is 3. The van der Waals surface area contributed by atoms with Crippen LogP contribution in [0.2, 0.25) is 5.02 Å². The molecule has 0 radical (unpaired) electrons. The third-order valence-corrected chi connectivity index (χ3v) is 4.35. The second-order valence-electron chi connectivity index (χ2n) is 5.96. The Morgan fingerprint density at radius 2 is 1.93 bits per heavy atom. The molecule has 0 fully saturated rings. The number of benzene rings is 2. The molecule has 0 amide bonds. The molecule has 0 aliphatic carbocycles. The van der Waals surface area contributed by atoms with Crippen LogP contribution < -0.4 is 5.56 Å². The van der Waals surface area contributed by atoms with Crippen LogP contribution in [-0.4, -0.2) is 21.0 Å². The van der Waals surface area contributed by atoms with Crippen LogP contribution in [0.3, 0.4) is 0 Å². The van der Waals surface area contributed by atoms with Gasteiger partial charge in [0.2, 0.25) is 5.88 Å². The Morgan fingerprint density at radius 1 is 1.15 bits per heavy atom. The van der Waals surface area contributed by atoms with Gasteiger partial charge >= 0.3 is 0 Å². The molecule has 0 bridgehead atoms. The highest BCUT2D eigenvalue weighted by Crippen LogP contribution is 2.27. The molecule has 2 heterocycles. The summed E-state index contributed by atoms with van der Waals surface area (Å²) in [6, 6.07) is 15.4. The molecule has 6 nitrogen and oxygen atoms in total. The van der Waals surface area contributed by atoms with Gasteiger partial charge in [0.1, 0.15) is 5.76 Å². The second-order valence-corrected chi connectivity index (χ2v) is 6.39. The van der Waals surface area contributed by atoms with Crippen molar-refractivity contribution >= 4 is 34.4 Å². The molecule has 0 aliphatic heterocycles. The van der Waals surface area contributed by atoms with E-state index in [1.807, 2.05) is 0 Å². The molecule has 0 saturated carbocycles. The first-order valence-corrected chi connectivity index (χ1v) is 8.52. The number of aromatic nitrogens is 2. The van der Waals surface area contributed by atoms with Crippen LogP contribution in [0, 0.1) is 6.92 Å². The monoisotopic (exact) mass is 379 g/mol. The summed E-state index contributed by atoms with van der Waals surface area (Å²) in [5, 5.41) is 16.2. The van der Waals surface area contributed by atoms with Gasteiger partial charge in [0.25, 0.3) is 5.56 Å². The van der Waals surface area contributed by atoms with E-state index >= 15 is 0 Å². The van der Waals surface area contributed by atoms with Crippen molar-refractivity contribution in [3.8, 4) is 11.6 Å². The van der Waals surface area contributed by atoms with Crippen LogP contribution in [0.1, 0.15) is 11.3 Å². The number of aromatic hydroxyl groups is 1. The van der Waals surface area contributed by atoms with E-state index in [4.69, 9.17) is 16.1 Å². The highest BCUT2D eigenvalue weighted by atomic mass is 35.5. The van der Waals surface area contributed by atoms with Crippen molar-refractivity contribution in [2.45, 2.75) is 6.92 Å². The van der Waals surface area contributed by atoms with E-state index in [9.17, 15) is 9.90 Å².